The van der Waals surface area contributed by atoms with Crippen molar-refractivity contribution in [2.24, 2.45) is 0 Å². The molecule has 27 heavy (non-hydrogen) atoms. The zero-order valence-corrected chi connectivity index (χ0v) is 16.7. The number of nitrogens with zero attached hydrogens (tertiary/aromatic N) is 3. The number of methoxy groups -OCH3 is 1. The van der Waals surface area contributed by atoms with Crippen molar-refractivity contribution in [3.63, 3.8) is 0 Å². The summed E-state index contributed by atoms with van der Waals surface area (Å²) in [5.41, 5.74) is 3.62. The molecule has 0 aliphatic carbocycles. The van der Waals surface area contributed by atoms with Crippen molar-refractivity contribution in [1.29, 1.82) is 0 Å². The molecule has 0 atom stereocenters. The van der Waals surface area contributed by atoms with E-state index in [4.69, 9.17) is 32.9 Å². The second-order valence-corrected chi connectivity index (χ2v) is 7.53. The number of ether oxygens (including phenoxy) is 1. The first-order valence-electron chi connectivity index (χ1n) is 9.10. The highest BCUT2D eigenvalue weighted by Crippen LogP contribution is 2.35. The van der Waals surface area contributed by atoms with Crippen molar-refractivity contribution in [1.82, 2.24) is 19.6 Å². The van der Waals surface area contributed by atoms with Gasteiger partial charge in [0.1, 0.15) is 5.75 Å². The van der Waals surface area contributed by atoms with Gasteiger partial charge in [-0.1, -0.05) is 35.3 Å². The standard InChI is InChI=1S/C20H22Cl2N4O/c1-27-18-6-3-2-5-15(18)19-17(13-25-9-4-7-23-8-10-25)26-12-14(21)11-16(22)20(26)24-19/h2-3,5-6,11-12,23H,4,7-10,13H2,1H3. The number of imidazole rings is 1. The molecule has 1 fully saturated rings. The number of pyridine rings is 1. The van der Waals surface area contributed by atoms with Crippen LogP contribution in [0.3, 0.4) is 0 Å². The Labute approximate surface area is 168 Å². The Balaban J connectivity index is 1.88. The van der Waals surface area contributed by atoms with Crippen LogP contribution in [0.4, 0.5) is 0 Å². The topological polar surface area (TPSA) is 41.8 Å². The Kier molecular flexibility index (Phi) is 5.55. The van der Waals surface area contributed by atoms with Gasteiger partial charge in [-0.05, 0) is 37.7 Å². The van der Waals surface area contributed by atoms with Crippen molar-refractivity contribution in [2.75, 3.05) is 33.3 Å². The number of hydrogen-bond acceptors (Lipinski definition) is 4. The molecule has 1 aliphatic rings. The summed E-state index contributed by atoms with van der Waals surface area (Å²) in [5.74, 6) is 0.793. The van der Waals surface area contributed by atoms with Gasteiger partial charge in [0, 0.05) is 31.4 Å². The first-order chi connectivity index (χ1) is 13.2. The van der Waals surface area contributed by atoms with Crippen LogP contribution in [0.5, 0.6) is 5.75 Å². The molecule has 3 heterocycles. The molecular weight excluding hydrogens is 383 g/mol. The number of nitrogens with one attached hydrogen (secondary N) is 1. The Hall–Kier alpha value is -1.79. The average molecular weight is 405 g/mol. The van der Waals surface area contributed by atoms with Gasteiger partial charge < -0.3 is 10.1 Å². The number of benzene rings is 1. The highest BCUT2D eigenvalue weighted by atomic mass is 35.5. The fourth-order valence-electron chi connectivity index (χ4n) is 3.60. The molecule has 0 radical (unpaired) electrons. The Morgan fingerprint density at radius 1 is 1.19 bits per heavy atom. The van der Waals surface area contributed by atoms with Crippen LogP contribution >= 0.6 is 23.2 Å². The third-order valence-corrected chi connectivity index (χ3v) is 5.39. The van der Waals surface area contributed by atoms with E-state index >= 15 is 0 Å². The van der Waals surface area contributed by atoms with Gasteiger partial charge in [-0.2, -0.15) is 0 Å². The van der Waals surface area contributed by atoms with Gasteiger partial charge in [0.2, 0.25) is 0 Å². The van der Waals surface area contributed by atoms with Gasteiger partial charge in [-0.15, -0.1) is 0 Å². The van der Waals surface area contributed by atoms with Crippen molar-refractivity contribution in [2.45, 2.75) is 13.0 Å². The number of aromatic nitrogens is 2. The number of hydrogen-bond donors (Lipinski definition) is 1. The van der Waals surface area contributed by atoms with E-state index < -0.39 is 0 Å². The van der Waals surface area contributed by atoms with Crippen LogP contribution in [0.2, 0.25) is 10.0 Å². The molecular formula is C20H22Cl2N4O. The Morgan fingerprint density at radius 3 is 2.89 bits per heavy atom. The summed E-state index contributed by atoms with van der Waals surface area (Å²) in [6.45, 7) is 4.85. The van der Waals surface area contributed by atoms with Crippen LogP contribution in [0, 0.1) is 0 Å². The van der Waals surface area contributed by atoms with Crippen LogP contribution in [-0.4, -0.2) is 47.6 Å². The summed E-state index contributed by atoms with van der Waals surface area (Å²) in [5, 5.41) is 4.59. The average Bonchev–Trinajstić information content (AvgIpc) is 2.84. The molecule has 0 saturated carbocycles. The predicted molar refractivity (Wildman–Crippen MR) is 110 cm³/mol. The largest absolute Gasteiger partial charge is 0.496 e. The molecule has 4 rings (SSSR count). The summed E-state index contributed by atoms with van der Waals surface area (Å²) < 4.78 is 7.60. The van der Waals surface area contributed by atoms with E-state index in [1.165, 1.54) is 0 Å². The van der Waals surface area contributed by atoms with Crippen molar-refractivity contribution >= 4 is 28.8 Å². The summed E-state index contributed by atoms with van der Waals surface area (Å²) in [6.07, 6.45) is 3.02. The van der Waals surface area contributed by atoms with Crippen LogP contribution < -0.4 is 10.1 Å². The molecule has 7 heteroatoms. The molecule has 0 amide bonds. The number of rotatable bonds is 4. The van der Waals surface area contributed by atoms with Crippen LogP contribution in [0.1, 0.15) is 12.1 Å². The summed E-state index contributed by atoms with van der Waals surface area (Å²) in [7, 11) is 1.68. The molecule has 1 N–H and O–H groups in total. The molecule has 0 bridgehead atoms. The highest BCUT2D eigenvalue weighted by molar-refractivity contribution is 6.36. The monoisotopic (exact) mass is 404 g/mol. The van der Waals surface area contributed by atoms with Crippen molar-refractivity contribution < 1.29 is 4.74 Å². The zero-order valence-electron chi connectivity index (χ0n) is 15.2. The predicted octanol–water partition coefficient (Wildman–Crippen LogP) is 4.11. The number of halogens is 2. The molecule has 3 aromatic rings. The molecule has 1 aromatic carbocycles. The molecule has 142 valence electrons. The number of para-hydroxylation sites is 1. The minimum absolute atomic E-state index is 0.544. The van der Waals surface area contributed by atoms with Crippen molar-refractivity contribution in [3.8, 4) is 17.0 Å². The van der Waals surface area contributed by atoms with E-state index in [1.54, 1.807) is 13.2 Å². The van der Waals surface area contributed by atoms with E-state index in [0.29, 0.717) is 15.7 Å². The van der Waals surface area contributed by atoms with Gasteiger partial charge in [0.15, 0.2) is 5.65 Å². The third-order valence-electron chi connectivity index (χ3n) is 4.91. The lowest BCUT2D eigenvalue weighted by molar-refractivity contribution is 0.280. The molecule has 1 saturated heterocycles. The number of fused-ring (bicyclic) bond motifs is 1. The maximum Gasteiger partial charge on any atom is 0.156 e. The van der Waals surface area contributed by atoms with Crippen LogP contribution in [-0.2, 0) is 6.54 Å². The Bertz CT molecular complexity index is 949. The second kappa shape index (κ2) is 8.07. The minimum Gasteiger partial charge on any atom is -0.496 e. The normalized spacial score (nSPS) is 15.8. The first kappa shape index (κ1) is 18.6. The van der Waals surface area contributed by atoms with Crippen molar-refractivity contribution in [3.05, 3.63) is 52.3 Å². The molecule has 0 unspecified atom stereocenters. The van der Waals surface area contributed by atoms with Gasteiger partial charge in [0.25, 0.3) is 0 Å². The maximum absolute atomic E-state index is 6.45. The van der Waals surface area contributed by atoms with E-state index in [9.17, 15) is 0 Å². The third kappa shape index (κ3) is 3.78. The van der Waals surface area contributed by atoms with E-state index in [2.05, 4.69) is 10.2 Å². The fourth-order valence-corrected chi connectivity index (χ4v) is 4.11. The van der Waals surface area contributed by atoms with E-state index in [1.807, 2.05) is 34.9 Å². The van der Waals surface area contributed by atoms with Crippen LogP contribution in [0.25, 0.3) is 16.9 Å². The fraction of sp³-hybridized carbons (Fsp3) is 0.350. The minimum atomic E-state index is 0.544. The van der Waals surface area contributed by atoms with Gasteiger partial charge in [0.05, 0.1) is 28.5 Å². The summed E-state index contributed by atoms with van der Waals surface area (Å²) >= 11 is 12.8. The summed E-state index contributed by atoms with van der Waals surface area (Å²) in [6, 6.07) is 9.67. The van der Waals surface area contributed by atoms with E-state index in [0.717, 1.165) is 61.8 Å². The maximum atomic E-state index is 6.45. The smallest absolute Gasteiger partial charge is 0.156 e. The highest BCUT2D eigenvalue weighted by Gasteiger charge is 2.21. The van der Waals surface area contributed by atoms with Gasteiger partial charge >= 0.3 is 0 Å². The zero-order chi connectivity index (χ0) is 18.8. The SMILES string of the molecule is COc1ccccc1-c1nc2c(Cl)cc(Cl)cn2c1CN1CCCNCC1. The Morgan fingerprint density at radius 2 is 2.04 bits per heavy atom. The summed E-state index contributed by atoms with van der Waals surface area (Å²) in [4.78, 5) is 7.31. The lowest BCUT2D eigenvalue weighted by atomic mass is 10.1. The van der Waals surface area contributed by atoms with Gasteiger partial charge in [-0.25, -0.2) is 4.98 Å². The molecule has 2 aromatic heterocycles. The quantitative estimate of drug-likeness (QED) is 0.710. The first-order valence-corrected chi connectivity index (χ1v) is 9.85. The second-order valence-electron chi connectivity index (χ2n) is 6.69. The lowest BCUT2D eigenvalue weighted by Crippen LogP contribution is -2.28. The molecule has 1 aliphatic heterocycles. The van der Waals surface area contributed by atoms with Crippen LogP contribution in [0.15, 0.2) is 36.5 Å². The molecule has 0 spiro atoms. The molecule has 5 nitrogen and oxygen atoms in total. The lowest BCUT2D eigenvalue weighted by Gasteiger charge is -2.20. The van der Waals surface area contributed by atoms with Gasteiger partial charge in [-0.3, -0.25) is 9.30 Å². The van der Waals surface area contributed by atoms with E-state index in [-0.39, 0.29) is 0 Å².